The van der Waals surface area contributed by atoms with E-state index in [1.54, 1.807) is 6.08 Å². The minimum atomic E-state index is -0.344. The van der Waals surface area contributed by atoms with Gasteiger partial charge < -0.3 is 15.1 Å². The normalized spacial score (nSPS) is 15.7. The Balaban J connectivity index is 2.17. The van der Waals surface area contributed by atoms with Gasteiger partial charge in [0, 0.05) is 10.8 Å². The fourth-order valence-electron chi connectivity index (χ4n) is 2.03. The lowest BCUT2D eigenvalue weighted by Crippen LogP contribution is -2.30. The van der Waals surface area contributed by atoms with Gasteiger partial charge in [-0.25, -0.2) is 4.99 Å². The van der Waals surface area contributed by atoms with E-state index in [-0.39, 0.29) is 11.8 Å². The van der Waals surface area contributed by atoms with Crippen molar-refractivity contribution in [3.63, 3.8) is 0 Å². The predicted octanol–water partition coefficient (Wildman–Crippen LogP) is 1.11. The van der Waals surface area contributed by atoms with Gasteiger partial charge in [-0.15, -0.1) is 0 Å². The molecule has 1 amide bonds. The van der Waals surface area contributed by atoms with Crippen molar-refractivity contribution in [1.29, 1.82) is 0 Å². The maximum atomic E-state index is 12.0. The molecule has 0 fully saturated rings. The minimum Gasteiger partial charge on any atom is -0.493 e. The van der Waals surface area contributed by atoms with Crippen LogP contribution in [0.2, 0.25) is 0 Å². The van der Waals surface area contributed by atoms with Gasteiger partial charge in [-0.1, -0.05) is 12.1 Å². The van der Waals surface area contributed by atoms with Crippen LogP contribution in [0, 0.1) is 11.7 Å². The molecular formula is C14H11N3O2S. The Labute approximate surface area is 119 Å². The van der Waals surface area contributed by atoms with E-state index >= 15 is 0 Å². The first kappa shape index (κ1) is 12.6. The molecule has 0 saturated carbocycles. The molecule has 1 aliphatic heterocycles. The number of carbonyl (C=O) groups excluding carboxylic acids is 1. The number of aryl methyl sites for hydroxylation is 1. The van der Waals surface area contributed by atoms with E-state index in [1.165, 1.54) is 6.08 Å². The molecule has 0 saturated heterocycles. The van der Waals surface area contributed by atoms with Gasteiger partial charge in [-0.2, -0.15) is 0 Å². The summed E-state index contributed by atoms with van der Waals surface area (Å²) >= 11 is 4.88. The fraction of sp³-hybridized carbons (Fsp3) is 0.0714. The predicted molar refractivity (Wildman–Crippen MR) is 77.1 cm³/mol. The number of hydrogen-bond donors (Lipinski definition) is 3. The van der Waals surface area contributed by atoms with Crippen LogP contribution in [-0.2, 0) is 4.79 Å². The Morgan fingerprint density at radius 1 is 1.35 bits per heavy atom. The number of imidazole rings is 1. The van der Waals surface area contributed by atoms with Crippen molar-refractivity contribution in [2.75, 3.05) is 0 Å². The zero-order valence-electron chi connectivity index (χ0n) is 10.6. The number of amides is 1. The lowest BCUT2D eigenvalue weighted by atomic mass is 10.1. The number of aromatic hydroxyl groups is 1. The molecule has 0 aliphatic carbocycles. The van der Waals surface area contributed by atoms with Crippen LogP contribution in [0.4, 0.5) is 0 Å². The number of nitrogens with one attached hydrogen (secondary N) is 2. The Bertz CT molecular complexity index is 919. The summed E-state index contributed by atoms with van der Waals surface area (Å²) in [6, 6.07) is 5.73. The topological polar surface area (TPSA) is 81.2 Å². The van der Waals surface area contributed by atoms with Gasteiger partial charge >= 0.3 is 0 Å². The van der Waals surface area contributed by atoms with E-state index < -0.39 is 0 Å². The molecular weight excluding hydrogens is 274 g/mol. The minimum absolute atomic E-state index is 0.0987. The van der Waals surface area contributed by atoms with Crippen LogP contribution < -0.4 is 10.6 Å². The summed E-state index contributed by atoms with van der Waals surface area (Å²) in [6.45, 7) is 1.95. The standard InChI is InChI=1S/C14H11N3O2S/c1-7-2-3-8-5-9(12(18)15-10(8)4-7)6-11-13(19)17-14(20)16-11/h2-6,19H,1H3,(H2,16,17,20)/b9-6+. The van der Waals surface area contributed by atoms with Crippen molar-refractivity contribution in [2.24, 2.45) is 4.99 Å². The van der Waals surface area contributed by atoms with E-state index in [1.807, 2.05) is 25.1 Å². The number of aromatic amines is 2. The van der Waals surface area contributed by atoms with Crippen LogP contribution in [0.3, 0.4) is 0 Å². The summed E-state index contributed by atoms with van der Waals surface area (Å²) in [5.41, 5.74) is 1.80. The average Bonchev–Trinajstić information content (AvgIpc) is 2.69. The number of hydrogen-bond acceptors (Lipinski definition) is 3. The second-order valence-electron chi connectivity index (χ2n) is 4.56. The third-order valence-corrected chi connectivity index (χ3v) is 3.21. The fourth-order valence-corrected chi connectivity index (χ4v) is 2.23. The highest BCUT2D eigenvalue weighted by Gasteiger charge is 2.12. The Morgan fingerprint density at radius 2 is 2.15 bits per heavy atom. The van der Waals surface area contributed by atoms with Crippen molar-refractivity contribution in [3.8, 4) is 5.88 Å². The van der Waals surface area contributed by atoms with Crippen LogP contribution in [0.25, 0.3) is 12.2 Å². The van der Waals surface area contributed by atoms with E-state index in [2.05, 4.69) is 15.0 Å². The van der Waals surface area contributed by atoms with Crippen LogP contribution in [-0.4, -0.2) is 21.0 Å². The van der Waals surface area contributed by atoms with Gasteiger partial charge in [0.2, 0.25) is 5.88 Å². The van der Waals surface area contributed by atoms with Gasteiger partial charge in [0.1, 0.15) is 5.69 Å². The molecule has 0 atom stereocenters. The molecule has 2 aromatic rings. The molecule has 0 spiro atoms. The highest BCUT2D eigenvalue weighted by Crippen LogP contribution is 2.17. The highest BCUT2D eigenvalue weighted by atomic mass is 32.1. The number of H-pyrrole nitrogens is 2. The monoisotopic (exact) mass is 285 g/mol. The van der Waals surface area contributed by atoms with Crippen molar-refractivity contribution < 1.29 is 9.90 Å². The van der Waals surface area contributed by atoms with Crippen LogP contribution in [0.1, 0.15) is 11.3 Å². The molecule has 3 rings (SSSR count). The first-order chi connectivity index (χ1) is 9.52. The van der Waals surface area contributed by atoms with Crippen molar-refractivity contribution in [2.45, 2.75) is 6.92 Å². The maximum Gasteiger partial charge on any atom is 0.277 e. The Hall–Kier alpha value is -2.47. The zero-order valence-corrected chi connectivity index (χ0v) is 11.4. The quantitative estimate of drug-likeness (QED) is 0.542. The van der Waals surface area contributed by atoms with Crippen LogP contribution in [0.15, 0.2) is 28.8 Å². The lowest BCUT2D eigenvalue weighted by Gasteiger charge is -2.03. The van der Waals surface area contributed by atoms with Gasteiger partial charge in [0.05, 0.1) is 5.36 Å². The second kappa shape index (κ2) is 4.57. The molecule has 0 unspecified atom stereocenters. The SMILES string of the molecule is Cc1ccc2c(c1)=NC(=O)/C(=C/c1[nH]c(=S)[nH]c1O)C=2. The molecule has 1 aromatic carbocycles. The summed E-state index contributed by atoms with van der Waals surface area (Å²) in [5, 5.41) is 11.2. The van der Waals surface area contributed by atoms with E-state index in [4.69, 9.17) is 12.2 Å². The van der Waals surface area contributed by atoms with Gasteiger partial charge in [-0.3, -0.25) is 4.79 Å². The zero-order chi connectivity index (χ0) is 14.3. The first-order valence-corrected chi connectivity index (χ1v) is 6.38. The summed E-state index contributed by atoms with van der Waals surface area (Å²) in [7, 11) is 0. The van der Waals surface area contributed by atoms with Crippen molar-refractivity contribution in [1.82, 2.24) is 9.97 Å². The summed E-state index contributed by atoms with van der Waals surface area (Å²) < 4.78 is 0.297. The molecule has 0 bridgehead atoms. The van der Waals surface area contributed by atoms with Crippen LogP contribution in [0.5, 0.6) is 5.88 Å². The van der Waals surface area contributed by atoms with Crippen LogP contribution >= 0.6 is 12.2 Å². The van der Waals surface area contributed by atoms with E-state index in [0.29, 0.717) is 21.4 Å². The molecule has 20 heavy (non-hydrogen) atoms. The second-order valence-corrected chi connectivity index (χ2v) is 4.97. The van der Waals surface area contributed by atoms with E-state index in [9.17, 15) is 9.90 Å². The molecule has 6 heteroatoms. The summed E-state index contributed by atoms with van der Waals surface area (Å²) in [5.74, 6) is -0.443. The number of aromatic nitrogens is 2. The largest absolute Gasteiger partial charge is 0.493 e. The van der Waals surface area contributed by atoms with Crippen molar-refractivity contribution >= 4 is 30.3 Å². The maximum absolute atomic E-state index is 12.0. The Morgan fingerprint density at radius 3 is 2.85 bits per heavy atom. The van der Waals surface area contributed by atoms with Crippen molar-refractivity contribution in [3.05, 3.63) is 50.4 Å². The Kier molecular flexibility index (Phi) is 2.87. The highest BCUT2D eigenvalue weighted by molar-refractivity contribution is 7.71. The lowest BCUT2D eigenvalue weighted by molar-refractivity contribution is -0.114. The molecule has 2 heterocycles. The number of benzene rings is 1. The smallest absolute Gasteiger partial charge is 0.277 e. The number of fused-ring (bicyclic) bond motifs is 1. The third-order valence-electron chi connectivity index (χ3n) is 3.00. The molecule has 0 radical (unpaired) electrons. The third kappa shape index (κ3) is 2.21. The average molecular weight is 285 g/mol. The number of carbonyl (C=O) groups is 1. The molecule has 1 aliphatic rings. The number of rotatable bonds is 1. The molecule has 5 nitrogen and oxygen atoms in total. The summed E-state index contributed by atoms with van der Waals surface area (Å²) in [6.07, 6.45) is 3.27. The van der Waals surface area contributed by atoms with Gasteiger partial charge in [0.25, 0.3) is 5.91 Å². The van der Waals surface area contributed by atoms with E-state index in [0.717, 1.165) is 10.8 Å². The summed E-state index contributed by atoms with van der Waals surface area (Å²) in [4.78, 5) is 21.4. The van der Waals surface area contributed by atoms with Gasteiger partial charge in [-0.05, 0) is 42.9 Å². The van der Waals surface area contributed by atoms with Gasteiger partial charge in [0.15, 0.2) is 4.77 Å². The molecule has 1 aromatic heterocycles. The number of nitrogens with zero attached hydrogens (tertiary/aromatic N) is 1. The first-order valence-electron chi connectivity index (χ1n) is 5.97. The molecule has 3 N–H and O–H groups in total. The molecule has 100 valence electrons.